The number of halogens is 3. The van der Waals surface area contributed by atoms with E-state index in [4.69, 9.17) is 5.73 Å². The van der Waals surface area contributed by atoms with Crippen molar-refractivity contribution >= 4 is 5.91 Å². The molecule has 0 saturated heterocycles. The second-order valence-electron chi connectivity index (χ2n) is 4.84. The number of carbonyl (C=O) groups excluding carboxylic acids is 1. The van der Waals surface area contributed by atoms with Crippen LogP contribution in [0.4, 0.5) is 13.2 Å². The van der Waals surface area contributed by atoms with Crippen LogP contribution >= 0.6 is 0 Å². The van der Waals surface area contributed by atoms with E-state index in [1.54, 1.807) is 18.2 Å². The first-order valence-electron chi connectivity index (χ1n) is 6.55. The Morgan fingerprint density at radius 1 is 1.17 bits per heavy atom. The molecule has 5 nitrogen and oxygen atoms in total. The van der Waals surface area contributed by atoms with Crippen LogP contribution in [0.25, 0.3) is 0 Å². The number of carbonyl (C=O) groups is 1. The number of benzene rings is 1. The highest BCUT2D eigenvalue weighted by Crippen LogP contribution is 2.29. The van der Waals surface area contributed by atoms with E-state index in [2.05, 4.69) is 0 Å². The van der Waals surface area contributed by atoms with Crippen LogP contribution in [-0.2, 0) is 12.7 Å². The van der Waals surface area contributed by atoms with E-state index in [0.717, 1.165) is 6.07 Å². The van der Waals surface area contributed by atoms with Crippen LogP contribution in [0, 0.1) is 0 Å². The van der Waals surface area contributed by atoms with Crippen LogP contribution in [0.2, 0.25) is 0 Å². The van der Waals surface area contributed by atoms with Gasteiger partial charge in [0.1, 0.15) is 11.3 Å². The van der Waals surface area contributed by atoms with Gasteiger partial charge in [0.25, 0.3) is 11.5 Å². The lowest BCUT2D eigenvalue weighted by Crippen LogP contribution is -2.35. The highest BCUT2D eigenvalue weighted by Gasteiger charge is 2.35. The minimum atomic E-state index is -4.81. The molecule has 1 aromatic carbocycles. The van der Waals surface area contributed by atoms with E-state index < -0.39 is 41.5 Å². The van der Waals surface area contributed by atoms with E-state index in [-0.39, 0.29) is 0 Å². The highest BCUT2D eigenvalue weighted by molar-refractivity contribution is 5.92. The fraction of sp³-hybridized carbons (Fsp3) is 0.200. The number of primary amides is 1. The van der Waals surface area contributed by atoms with Gasteiger partial charge in [-0.25, -0.2) is 0 Å². The molecule has 2 rings (SSSR count). The third-order valence-corrected chi connectivity index (χ3v) is 3.27. The number of nitrogens with zero attached hydrogens (tertiary/aromatic N) is 1. The zero-order valence-corrected chi connectivity index (χ0v) is 11.7. The third kappa shape index (κ3) is 3.59. The van der Waals surface area contributed by atoms with Crippen LogP contribution in [0.5, 0.6) is 0 Å². The summed E-state index contributed by atoms with van der Waals surface area (Å²) in [5.74, 6) is -1.13. The standard InChI is InChI=1S/C15H13F3N2O3/c16-15(17,18)12-7-6-10(13(19)22)14(23)20(12)8-11(21)9-4-2-1-3-5-9/h1-7,11,21H,8H2,(H2,19,22)/t11-/m0/s1. The lowest BCUT2D eigenvalue weighted by molar-refractivity contribution is -0.144. The Balaban J connectivity index is 2.52. The average Bonchev–Trinajstić information content (AvgIpc) is 2.48. The van der Waals surface area contributed by atoms with Crippen molar-refractivity contribution in [3.05, 3.63) is 69.6 Å². The fourth-order valence-electron chi connectivity index (χ4n) is 2.15. The van der Waals surface area contributed by atoms with Gasteiger partial charge in [0.15, 0.2) is 0 Å². The number of pyridine rings is 1. The van der Waals surface area contributed by atoms with Crippen molar-refractivity contribution in [2.45, 2.75) is 18.8 Å². The first-order chi connectivity index (χ1) is 10.7. The highest BCUT2D eigenvalue weighted by atomic mass is 19.4. The maximum absolute atomic E-state index is 13.1. The predicted octanol–water partition coefficient (Wildman–Crippen LogP) is 1.70. The number of rotatable bonds is 4. The number of aromatic nitrogens is 1. The largest absolute Gasteiger partial charge is 0.431 e. The summed E-state index contributed by atoms with van der Waals surface area (Å²) in [6, 6.07) is 9.24. The van der Waals surface area contributed by atoms with Gasteiger partial charge in [-0.05, 0) is 17.7 Å². The Morgan fingerprint density at radius 2 is 1.78 bits per heavy atom. The zero-order valence-electron chi connectivity index (χ0n) is 11.7. The Morgan fingerprint density at radius 3 is 2.30 bits per heavy atom. The van der Waals surface area contributed by atoms with Crippen molar-refractivity contribution in [2.24, 2.45) is 5.73 Å². The Hall–Kier alpha value is -2.61. The van der Waals surface area contributed by atoms with Crippen LogP contribution in [0.1, 0.15) is 27.7 Å². The molecule has 0 aliphatic carbocycles. The van der Waals surface area contributed by atoms with Gasteiger partial charge in [-0.15, -0.1) is 0 Å². The number of aliphatic hydroxyl groups excluding tert-OH is 1. The summed E-state index contributed by atoms with van der Waals surface area (Å²) in [5, 5.41) is 10.1. The summed E-state index contributed by atoms with van der Waals surface area (Å²) in [4.78, 5) is 23.3. The van der Waals surface area contributed by atoms with E-state index in [9.17, 15) is 27.9 Å². The number of nitrogens with two attached hydrogens (primary N) is 1. The summed E-state index contributed by atoms with van der Waals surface area (Å²) in [6.07, 6.45) is -6.16. The van der Waals surface area contributed by atoms with E-state index in [1.807, 2.05) is 0 Å². The molecule has 0 fully saturated rings. The minimum Gasteiger partial charge on any atom is -0.387 e. The van der Waals surface area contributed by atoms with Gasteiger partial charge in [-0.3, -0.25) is 9.59 Å². The first kappa shape index (κ1) is 16.8. The van der Waals surface area contributed by atoms with Crippen molar-refractivity contribution in [2.75, 3.05) is 0 Å². The summed E-state index contributed by atoms with van der Waals surface area (Å²) in [7, 11) is 0. The monoisotopic (exact) mass is 326 g/mol. The quantitative estimate of drug-likeness (QED) is 0.897. The van der Waals surface area contributed by atoms with Crippen LogP contribution in [0.15, 0.2) is 47.3 Å². The molecule has 0 aliphatic heterocycles. The van der Waals surface area contributed by atoms with Crippen molar-refractivity contribution in [1.29, 1.82) is 0 Å². The Labute approximate surface area is 128 Å². The molecule has 1 heterocycles. The van der Waals surface area contributed by atoms with Gasteiger partial charge in [-0.1, -0.05) is 30.3 Å². The lowest BCUT2D eigenvalue weighted by Gasteiger charge is -2.19. The zero-order chi connectivity index (χ0) is 17.2. The average molecular weight is 326 g/mol. The Kier molecular flexibility index (Phi) is 4.55. The molecule has 122 valence electrons. The summed E-state index contributed by atoms with van der Waals surface area (Å²) < 4.78 is 39.5. The molecule has 3 N–H and O–H groups in total. The second kappa shape index (κ2) is 6.25. The maximum atomic E-state index is 13.1. The molecule has 0 bridgehead atoms. The molecule has 23 heavy (non-hydrogen) atoms. The molecule has 0 spiro atoms. The molecule has 1 amide bonds. The van der Waals surface area contributed by atoms with Crippen molar-refractivity contribution in [3.63, 3.8) is 0 Å². The van der Waals surface area contributed by atoms with E-state index >= 15 is 0 Å². The third-order valence-electron chi connectivity index (χ3n) is 3.27. The van der Waals surface area contributed by atoms with Gasteiger partial charge in [-0.2, -0.15) is 13.2 Å². The summed E-state index contributed by atoms with van der Waals surface area (Å²) in [6.45, 7) is -0.654. The van der Waals surface area contributed by atoms with Gasteiger partial charge in [0, 0.05) is 0 Å². The molecule has 0 unspecified atom stereocenters. The molecule has 0 aliphatic rings. The van der Waals surface area contributed by atoms with Gasteiger partial charge < -0.3 is 15.4 Å². The van der Waals surface area contributed by atoms with Crippen LogP contribution < -0.4 is 11.3 Å². The molecular formula is C15H13F3N2O3. The molecule has 8 heteroatoms. The number of aliphatic hydroxyl groups is 1. The van der Waals surface area contributed by atoms with Crippen LogP contribution in [-0.4, -0.2) is 15.6 Å². The molecule has 1 atom stereocenters. The number of alkyl halides is 3. The topological polar surface area (TPSA) is 85.3 Å². The van der Waals surface area contributed by atoms with E-state index in [0.29, 0.717) is 16.2 Å². The number of hydrogen-bond acceptors (Lipinski definition) is 3. The van der Waals surface area contributed by atoms with Gasteiger partial charge in [0.05, 0.1) is 12.6 Å². The van der Waals surface area contributed by atoms with Gasteiger partial charge >= 0.3 is 6.18 Å². The first-order valence-corrected chi connectivity index (χ1v) is 6.55. The second-order valence-corrected chi connectivity index (χ2v) is 4.84. The number of amides is 1. The fourth-order valence-corrected chi connectivity index (χ4v) is 2.15. The maximum Gasteiger partial charge on any atom is 0.431 e. The normalized spacial score (nSPS) is 12.9. The molecule has 1 aromatic heterocycles. The predicted molar refractivity (Wildman–Crippen MR) is 75.6 cm³/mol. The lowest BCUT2D eigenvalue weighted by atomic mass is 10.1. The van der Waals surface area contributed by atoms with E-state index in [1.165, 1.54) is 12.1 Å². The van der Waals surface area contributed by atoms with Crippen molar-refractivity contribution in [3.8, 4) is 0 Å². The van der Waals surface area contributed by atoms with Crippen molar-refractivity contribution < 1.29 is 23.1 Å². The molecular weight excluding hydrogens is 313 g/mol. The molecule has 0 saturated carbocycles. The minimum absolute atomic E-state index is 0.317. The van der Waals surface area contributed by atoms with Gasteiger partial charge in [0.2, 0.25) is 0 Å². The smallest absolute Gasteiger partial charge is 0.387 e. The SMILES string of the molecule is NC(=O)c1ccc(C(F)(F)F)n(C[C@H](O)c2ccccc2)c1=O. The summed E-state index contributed by atoms with van der Waals surface area (Å²) >= 11 is 0. The Bertz CT molecular complexity index is 770. The molecule has 0 radical (unpaired) electrons. The number of hydrogen-bond donors (Lipinski definition) is 2. The molecule has 2 aromatic rings. The summed E-state index contributed by atoms with van der Waals surface area (Å²) in [5.41, 5.74) is 2.31. The van der Waals surface area contributed by atoms with Crippen LogP contribution in [0.3, 0.4) is 0 Å². The van der Waals surface area contributed by atoms with Crippen molar-refractivity contribution in [1.82, 2.24) is 4.57 Å².